The van der Waals surface area contributed by atoms with Crippen molar-refractivity contribution in [3.8, 4) is 5.75 Å². The highest BCUT2D eigenvalue weighted by Gasteiger charge is 2.06. The highest BCUT2D eigenvalue weighted by molar-refractivity contribution is 7.98. The lowest BCUT2D eigenvalue weighted by molar-refractivity contribution is 0.471. The highest BCUT2D eigenvalue weighted by atomic mass is 32.2. The Bertz CT molecular complexity index is 551. The van der Waals surface area contributed by atoms with Crippen LogP contribution in [0.4, 0.5) is 5.69 Å². The molecule has 0 amide bonds. The Balaban J connectivity index is 2.10. The summed E-state index contributed by atoms with van der Waals surface area (Å²) in [6.45, 7) is 4.01. The number of phenolic OH excluding ortho intramolecular Hbond substituents is 1. The topological polar surface area (TPSA) is 32.3 Å². The Morgan fingerprint density at radius 2 is 1.79 bits per heavy atom. The van der Waals surface area contributed by atoms with Crippen LogP contribution < -0.4 is 5.32 Å². The Morgan fingerprint density at radius 3 is 2.37 bits per heavy atom. The molecular formula is C16H19NOS. The van der Waals surface area contributed by atoms with Gasteiger partial charge in [-0.15, -0.1) is 11.8 Å². The summed E-state index contributed by atoms with van der Waals surface area (Å²) in [7, 11) is 0. The van der Waals surface area contributed by atoms with Gasteiger partial charge >= 0.3 is 0 Å². The summed E-state index contributed by atoms with van der Waals surface area (Å²) in [5.74, 6) is 0.329. The van der Waals surface area contributed by atoms with E-state index < -0.39 is 0 Å². The summed E-state index contributed by atoms with van der Waals surface area (Å²) in [4.78, 5) is 1.27. The van der Waals surface area contributed by atoms with Gasteiger partial charge in [-0.3, -0.25) is 0 Å². The van der Waals surface area contributed by atoms with Crippen molar-refractivity contribution in [1.29, 1.82) is 0 Å². The molecule has 1 atom stereocenters. The van der Waals surface area contributed by atoms with Gasteiger partial charge in [0, 0.05) is 22.7 Å². The molecule has 0 aliphatic carbocycles. The SMILES string of the molecule is CSc1ccc(C(C)Nc2ccc(C)c(O)c2)cc1. The van der Waals surface area contributed by atoms with Crippen LogP contribution in [0.5, 0.6) is 5.75 Å². The number of aromatic hydroxyl groups is 1. The minimum absolute atomic E-state index is 0.206. The van der Waals surface area contributed by atoms with Crippen molar-refractivity contribution in [3.05, 3.63) is 53.6 Å². The smallest absolute Gasteiger partial charge is 0.120 e. The van der Waals surface area contributed by atoms with Crippen LogP contribution in [0.1, 0.15) is 24.1 Å². The summed E-state index contributed by atoms with van der Waals surface area (Å²) < 4.78 is 0. The third-order valence-corrected chi connectivity index (χ3v) is 3.95. The molecule has 3 heteroatoms. The van der Waals surface area contributed by atoms with E-state index in [4.69, 9.17) is 0 Å². The van der Waals surface area contributed by atoms with Gasteiger partial charge in [-0.2, -0.15) is 0 Å². The fourth-order valence-electron chi connectivity index (χ4n) is 1.93. The zero-order valence-electron chi connectivity index (χ0n) is 11.5. The second-order valence-corrected chi connectivity index (χ2v) is 5.52. The van der Waals surface area contributed by atoms with Crippen molar-refractivity contribution in [2.24, 2.45) is 0 Å². The van der Waals surface area contributed by atoms with Gasteiger partial charge in [0.15, 0.2) is 0 Å². The summed E-state index contributed by atoms with van der Waals surface area (Å²) in [5, 5.41) is 13.1. The molecule has 0 fully saturated rings. The fraction of sp³-hybridized carbons (Fsp3) is 0.250. The predicted molar refractivity (Wildman–Crippen MR) is 83.1 cm³/mol. The second kappa shape index (κ2) is 6.02. The van der Waals surface area contributed by atoms with Gasteiger partial charge in [0.05, 0.1) is 0 Å². The number of hydrogen-bond donors (Lipinski definition) is 2. The number of thioether (sulfide) groups is 1. The van der Waals surface area contributed by atoms with Crippen LogP contribution in [-0.2, 0) is 0 Å². The molecule has 2 nitrogen and oxygen atoms in total. The number of nitrogens with one attached hydrogen (secondary N) is 1. The van der Waals surface area contributed by atoms with Gasteiger partial charge < -0.3 is 10.4 Å². The molecule has 0 bridgehead atoms. The van der Waals surface area contributed by atoms with Crippen LogP contribution in [0.3, 0.4) is 0 Å². The van der Waals surface area contributed by atoms with Crippen molar-refractivity contribution >= 4 is 17.4 Å². The maximum absolute atomic E-state index is 9.71. The summed E-state index contributed by atoms with van der Waals surface area (Å²) in [6.07, 6.45) is 2.08. The van der Waals surface area contributed by atoms with Crippen molar-refractivity contribution < 1.29 is 5.11 Å². The van der Waals surface area contributed by atoms with Crippen LogP contribution in [0, 0.1) is 6.92 Å². The van der Waals surface area contributed by atoms with Gasteiger partial charge in [0.25, 0.3) is 0 Å². The van der Waals surface area contributed by atoms with E-state index in [9.17, 15) is 5.11 Å². The van der Waals surface area contributed by atoms with E-state index in [-0.39, 0.29) is 6.04 Å². The number of hydrogen-bond acceptors (Lipinski definition) is 3. The molecule has 2 aromatic carbocycles. The van der Waals surface area contributed by atoms with Crippen molar-refractivity contribution in [2.75, 3.05) is 11.6 Å². The molecule has 0 spiro atoms. The standard InChI is InChI=1S/C16H19NOS/c1-11-4-7-14(10-16(11)18)17-12(2)13-5-8-15(19-3)9-6-13/h4-10,12,17-18H,1-3H3. The Hall–Kier alpha value is -1.61. The van der Waals surface area contributed by atoms with E-state index in [2.05, 4.69) is 42.8 Å². The molecule has 0 heterocycles. The largest absolute Gasteiger partial charge is 0.508 e. The third kappa shape index (κ3) is 3.44. The van der Waals surface area contributed by atoms with Gasteiger partial charge in [-0.05, 0) is 49.4 Å². The number of benzene rings is 2. The lowest BCUT2D eigenvalue weighted by atomic mass is 10.1. The third-order valence-electron chi connectivity index (χ3n) is 3.21. The summed E-state index contributed by atoms with van der Waals surface area (Å²) >= 11 is 1.74. The van der Waals surface area contributed by atoms with E-state index in [1.54, 1.807) is 17.8 Å². The minimum atomic E-state index is 0.206. The number of anilines is 1. The van der Waals surface area contributed by atoms with Crippen LogP contribution >= 0.6 is 11.8 Å². The number of rotatable bonds is 4. The molecule has 2 N–H and O–H groups in total. The van der Waals surface area contributed by atoms with Crippen molar-refractivity contribution in [3.63, 3.8) is 0 Å². The maximum Gasteiger partial charge on any atom is 0.120 e. The van der Waals surface area contributed by atoms with Gasteiger partial charge in [-0.25, -0.2) is 0 Å². The summed E-state index contributed by atoms with van der Waals surface area (Å²) in [5.41, 5.74) is 3.06. The zero-order valence-corrected chi connectivity index (χ0v) is 12.3. The first kappa shape index (κ1) is 13.8. The average molecular weight is 273 g/mol. The van der Waals surface area contributed by atoms with E-state index >= 15 is 0 Å². The number of phenols is 1. The predicted octanol–water partition coefficient (Wildman–Crippen LogP) is 4.60. The van der Waals surface area contributed by atoms with E-state index in [1.807, 2.05) is 19.1 Å². The van der Waals surface area contributed by atoms with Crippen LogP contribution in [0.15, 0.2) is 47.4 Å². The van der Waals surface area contributed by atoms with E-state index in [1.165, 1.54) is 10.5 Å². The molecule has 0 aliphatic rings. The Labute approximate surface area is 118 Å². The van der Waals surface area contributed by atoms with Gasteiger partial charge in [0.1, 0.15) is 5.75 Å². The average Bonchev–Trinajstić information content (AvgIpc) is 2.43. The molecule has 0 saturated heterocycles. The van der Waals surface area contributed by atoms with Crippen molar-refractivity contribution in [2.45, 2.75) is 24.8 Å². The molecule has 0 aromatic heterocycles. The van der Waals surface area contributed by atoms with E-state index in [0.717, 1.165) is 11.3 Å². The molecule has 2 aromatic rings. The minimum Gasteiger partial charge on any atom is -0.508 e. The Kier molecular flexibility index (Phi) is 4.38. The number of aryl methyl sites for hydroxylation is 1. The zero-order chi connectivity index (χ0) is 13.8. The first-order valence-electron chi connectivity index (χ1n) is 6.30. The molecule has 2 rings (SSSR count). The molecule has 0 radical (unpaired) electrons. The van der Waals surface area contributed by atoms with E-state index in [0.29, 0.717) is 5.75 Å². The molecular weight excluding hydrogens is 254 g/mol. The van der Waals surface area contributed by atoms with Crippen molar-refractivity contribution in [1.82, 2.24) is 0 Å². The van der Waals surface area contributed by atoms with Crippen LogP contribution in [0.2, 0.25) is 0 Å². The van der Waals surface area contributed by atoms with Crippen LogP contribution in [0.25, 0.3) is 0 Å². The molecule has 0 saturated carbocycles. The second-order valence-electron chi connectivity index (χ2n) is 4.64. The first-order valence-corrected chi connectivity index (χ1v) is 7.52. The normalized spacial score (nSPS) is 12.2. The lowest BCUT2D eigenvalue weighted by Crippen LogP contribution is -2.06. The van der Waals surface area contributed by atoms with Gasteiger partial charge in [-0.1, -0.05) is 18.2 Å². The quantitative estimate of drug-likeness (QED) is 0.799. The molecule has 1 unspecified atom stereocenters. The maximum atomic E-state index is 9.71. The van der Waals surface area contributed by atoms with Gasteiger partial charge in [0.2, 0.25) is 0 Å². The monoisotopic (exact) mass is 273 g/mol. The highest BCUT2D eigenvalue weighted by Crippen LogP contribution is 2.25. The lowest BCUT2D eigenvalue weighted by Gasteiger charge is -2.16. The molecule has 0 aliphatic heterocycles. The first-order chi connectivity index (χ1) is 9.10. The molecule has 100 valence electrons. The van der Waals surface area contributed by atoms with Crippen LogP contribution in [-0.4, -0.2) is 11.4 Å². The Morgan fingerprint density at radius 1 is 1.11 bits per heavy atom. The molecule has 19 heavy (non-hydrogen) atoms. The fourth-order valence-corrected chi connectivity index (χ4v) is 2.33. The summed E-state index contributed by atoms with van der Waals surface area (Å²) in [6, 6.07) is 14.4.